The molecule has 0 saturated carbocycles. The van der Waals surface area contributed by atoms with E-state index in [1.54, 1.807) is 0 Å². The van der Waals surface area contributed by atoms with Gasteiger partial charge in [0.05, 0.1) is 21.8 Å². The van der Waals surface area contributed by atoms with Crippen LogP contribution in [-0.4, -0.2) is 5.97 Å². The summed E-state index contributed by atoms with van der Waals surface area (Å²) in [4.78, 5) is 11.7. The molecular weight excluding hydrogens is 276 g/mol. The number of esters is 1. The Labute approximate surface area is 121 Å². The number of halogens is 1. The van der Waals surface area contributed by atoms with Crippen LogP contribution in [0.3, 0.4) is 0 Å². The van der Waals surface area contributed by atoms with Crippen molar-refractivity contribution in [3.05, 3.63) is 46.1 Å². The molecule has 1 aromatic heterocycles. The van der Waals surface area contributed by atoms with E-state index in [4.69, 9.17) is 22.1 Å². The van der Waals surface area contributed by atoms with Crippen LogP contribution in [0.15, 0.2) is 24.4 Å². The van der Waals surface area contributed by atoms with Gasteiger partial charge in [0, 0.05) is 11.6 Å². The van der Waals surface area contributed by atoms with Crippen molar-refractivity contribution in [2.45, 2.75) is 13.5 Å². The lowest BCUT2D eigenvalue weighted by Gasteiger charge is -2.09. The maximum absolute atomic E-state index is 11.7. The highest BCUT2D eigenvalue weighted by atomic mass is 35.5. The second-order valence-corrected chi connectivity index (χ2v) is 5.30. The number of hydrogen-bond acceptors (Lipinski definition) is 3. The number of fused-ring (bicyclic) bond motifs is 1. The number of anilines is 1. The Morgan fingerprint density at radius 1 is 1.35 bits per heavy atom. The van der Waals surface area contributed by atoms with Crippen molar-refractivity contribution >= 4 is 23.3 Å². The maximum atomic E-state index is 11.7. The molecule has 0 bridgehead atoms. The van der Waals surface area contributed by atoms with Crippen LogP contribution in [0.1, 0.15) is 21.5 Å². The third-order valence-electron chi connectivity index (χ3n) is 3.61. The molecule has 0 saturated heterocycles. The number of rotatable bonds is 1. The number of carbonyl (C=O) groups is 1. The van der Waals surface area contributed by atoms with Gasteiger partial charge in [-0.2, -0.15) is 4.57 Å². The Balaban J connectivity index is 2.27. The largest absolute Gasteiger partial charge is 0.457 e. The fourth-order valence-electron chi connectivity index (χ4n) is 2.52. The molecule has 0 aliphatic carbocycles. The summed E-state index contributed by atoms with van der Waals surface area (Å²) in [5.41, 5.74) is 10.6. The molecule has 4 nitrogen and oxygen atoms in total. The monoisotopic (exact) mass is 289 g/mol. The number of hydrogen-bond donors (Lipinski definition) is 1. The van der Waals surface area contributed by atoms with Crippen molar-refractivity contribution in [1.29, 1.82) is 0 Å². The molecule has 3 rings (SSSR count). The van der Waals surface area contributed by atoms with Crippen molar-refractivity contribution in [2.75, 3.05) is 5.73 Å². The highest BCUT2D eigenvalue weighted by Crippen LogP contribution is 2.36. The van der Waals surface area contributed by atoms with E-state index in [9.17, 15) is 4.79 Å². The van der Waals surface area contributed by atoms with Crippen LogP contribution in [0.4, 0.5) is 5.69 Å². The Hall–Kier alpha value is -2.07. The summed E-state index contributed by atoms with van der Waals surface area (Å²) >= 11 is 6.38. The number of carbonyl (C=O) groups excluding carboxylic acids is 1. The van der Waals surface area contributed by atoms with Gasteiger partial charge in [-0.15, -0.1) is 0 Å². The summed E-state index contributed by atoms with van der Waals surface area (Å²) in [6.07, 6.45) is 1.83. The smallest absolute Gasteiger partial charge is 0.338 e. The van der Waals surface area contributed by atoms with E-state index in [1.807, 2.05) is 42.9 Å². The van der Waals surface area contributed by atoms with Gasteiger partial charge in [0.15, 0.2) is 6.20 Å². The second kappa shape index (κ2) is 4.49. The summed E-state index contributed by atoms with van der Waals surface area (Å²) in [6, 6.07) is 5.59. The fraction of sp³-hybridized carbons (Fsp3) is 0.200. The lowest BCUT2D eigenvalue weighted by atomic mass is 9.97. The van der Waals surface area contributed by atoms with Gasteiger partial charge >= 0.3 is 5.97 Å². The number of nitrogen functional groups attached to an aromatic ring is 1. The number of benzene rings is 1. The van der Waals surface area contributed by atoms with Gasteiger partial charge < -0.3 is 10.5 Å². The SMILES string of the molecule is Cc1c(-c2ccc(N)c[n+]2C)cc2c(c1Cl)COC2=O. The molecule has 1 aliphatic heterocycles. The average Bonchev–Trinajstić information content (AvgIpc) is 2.76. The highest BCUT2D eigenvalue weighted by molar-refractivity contribution is 6.33. The van der Waals surface area contributed by atoms with Crippen LogP contribution in [0.25, 0.3) is 11.3 Å². The zero-order valence-electron chi connectivity index (χ0n) is 11.2. The van der Waals surface area contributed by atoms with Gasteiger partial charge in [-0.25, -0.2) is 4.79 Å². The summed E-state index contributed by atoms with van der Waals surface area (Å²) < 4.78 is 6.97. The normalized spacial score (nSPS) is 13.2. The molecule has 0 atom stereocenters. The van der Waals surface area contributed by atoms with E-state index >= 15 is 0 Å². The number of pyridine rings is 1. The summed E-state index contributed by atoms with van der Waals surface area (Å²) in [5.74, 6) is -0.318. The Morgan fingerprint density at radius 3 is 2.80 bits per heavy atom. The van der Waals surface area contributed by atoms with Gasteiger partial charge in [-0.3, -0.25) is 0 Å². The van der Waals surface area contributed by atoms with Crippen molar-refractivity contribution in [1.82, 2.24) is 0 Å². The first-order valence-corrected chi connectivity index (χ1v) is 6.61. The standard InChI is InChI=1S/C15H14ClN2O2/c1-8-10(13-4-3-9(17)6-18(13)2)5-11-12(14(8)16)7-20-15(11)19/h3-6H,7,17H2,1-2H3/q+1. The molecular formula is C15H14ClN2O2+. The predicted molar refractivity (Wildman–Crippen MR) is 76.3 cm³/mol. The second-order valence-electron chi connectivity index (χ2n) is 4.92. The number of aromatic nitrogens is 1. The zero-order valence-corrected chi connectivity index (χ0v) is 12.0. The quantitative estimate of drug-likeness (QED) is 0.648. The van der Waals surface area contributed by atoms with E-state index in [-0.39, 0.29) is 12.6 Å². The van der Waals surface area contributed by atoms with Crippen molar-refractivity contribution in [3.8, 4) is 11.3 Å². The molecule has 0 radical (unpaired) electrons. The van der Waals surface area contributed by atoms with Gasteiger partial charge in [0.2, 0.25) is 5.69 Å². The molecule has 20 heavy (non-hydrogen) atoms. The van der Waals surface area contributed by atoms with Crippen LogP contribution < -0.4 is 10.3 Å². The van der Waals surface area contributed by atoms with E-state index in [0.29, 0.717) is 16.3 Å². The van der Waals surface area contributed by atoms with Crippen molar-refractivity contribution in [2.24, 2.45) is 7.05 Å². The predicted octanol–water partition coefficient (Wildman–Crippen LogP) is 2.39. The first-order chi connectivity index (χ1) is 9.49. The van der Waals surface area contributed by atoms with Crippen molar-refractivity contribution < 1.29 is 14.1 Å². The lowest BCUT2D eigenvalue weighted by molar-refractivity contribution is -0.659. The molecule has 102 valence electrons. The van der Waals surface area contributed by atoms with Gasteiger partial charge in [0.1, 0.15) is 13.7 Å². The van der Waals surface area contributed by atoms with E-state index in [0.717, 1.165) is 22.4 Å². The van der Waals surface area contributed by atoms with Crippen LogP contribution in [0, 0.1) is 6.92 Å². The highest BCUT2D eigenvalue weighted by Gasteiger charge is 2.28. The number of cyclic esters (lactones) is 1. The van der Waals surface area contributed by atoms with Gasteiger partial charge in [0.25, 0.3) is 0 Å². The fourth-order valence-corrected chi connectivity index (χ4v) is 2.77. The number of aryl methyl sites for hydroxylation is 1. The van der Waals surface area contributed by atoms with Crippen LogP contribution >= 0.6 is 11.6 Å². The minimum atomic E-state index is -0.318. The number of ether oxygens (including phenoxy) is 1. The molecule has 2 aromatic rings. The van der Waals surface area contributed by atoms with E-state index in [2.05, 4.69) is 0 Å². The Kier molecular flexibility index (Phi) is 2.91. The van der Waals surface area contributed by atoms with Gasteiger partial charge in [-0.1, -0.05) is 11.6 Å². The summed E-state index contributed by atoms with van der Waals surface area (Å²) in [7, 11) is 1.91. The first kappa shape index (κ1) is 12.9. The molecule has 1 aliphatic rings. The first-order valence-electron chi connectivity index (χ1n) is 6.23. The molecule has 0 spiro atoms. The molecule has 2 N–H and O–H groups in total. The topological polar surface area (TPSA) is 56.2 Å². The maximum Gasteiger partial charge on any atom is 0.338 e. The van der Waals surface area contributed by atoms with Crippen LogP contribution in [-0.2, 0) is 18.4 Å². The minimum Gasteiger partial charge on any atom is -0.457 e. The molecule has 0 amide bonds. The summed E-state index contributed by atoms with van der Waals surface area (Å²) in [5, 5.41) is 0.597. The Bertz CT molecular complexity index is 741. The number of nitrogens with zero attached hydrogens (tertiary/aromatic N) is 1. The van der Waals surface area contributed by atoms with E-state index in [1.165, 1.54) is 0 Å². The Morgan fingerprint density at radius 2 is 2.10 bits per heavy atom. The molecule has 0 fully saturated rings. The molecule has 1 aromatic carbocycles. The lowest BCUT2D eigenvalue weighted by Crippen LogP contribution is -2.31. The van der Waals surface area contributed by atoms with E-state index < -0.39 is 0 Å². The number of nitrogens with two attached hydrogens (primary N) is 1. The minimum absolute atomic E-state index is 0.252. The van der Waals surface area contributed by atoms with Crippen molar-refractivity contribution in [3.63, 3.8) is 0 Å². The average molecular weight is 290 g/mol. The van der Waals surface area contributed by atoms with Gasteiger partial charge in [-0.05, 0) is 24.6 Å². The molecule has 2 heterocycles. The molecule has 5 heteroatoms. The zero-order chi connectivity index (χ0) is 14.4. The third kappa shape index (κ3) is 1.84. The third-order valence-corrected chi connectivity index (χ3v) is 4.12. The van der Waals surface area contributed by atoms with Crippen LogP contribution in [0.2, 0.25) is 5.02 Å². The van der Waals surface area contributed by atoms with Crippen LogP contribution in [0.5, 0.6) is 0 Å². The molecule has 0 unspecified atom stereocenters. The summed E-state index contributed by atoms with van der Waals surface area (Å²) in [6.45, 7) is 2.19.